The van der Waals surface area contributed by atoms with Crippen molar-refractivity contribution in [3.63, 3.8) is 0 Å². The van der Waals surface area contributed by atoms with Gasteiger partial charge in [-0.1, -0.05) is 19.3 Å². The standard InChI is InChI=1S/C13H18N2O2.C5H10O2/c1-17-13(16)12-8-7-11(9-14-12)15-10-5-3-2-4-6-10;1-5(2,3)7-4-6/h7-10,15H,2-6H2,1H3;4H,1-3H3. The van der Waals surface area contributed by atoms with Gasteiger partial charge in [-0.05, 0) is 45.7 Å². The molecule has 0 saturated heterocycles. The van der Waals surface area contributed by atoms with Crippen LogP contribution in [0.4, 0.5) is 5.69 Å². The van der Waals surface area contributed by atoms with Gasteiger partial charge in [0.05, 0.1) is 19.0 Å². The van der Waals surface area contributed by atoms with Crippen LogP contribution >= 0.6 is 0 Å². The summed E-state index contributed by atoms with van der Waals surface area (Å²) >= 11 is 0. The molecule has 1 saturated carbocycles. The van der Waals surface area contributed by atoms with Crippen molar-refractivity contribution in [2.45, 2.75) is 64.5 Å². The molecule has 1 aliphatic carbocycles. The van der Waals surface area contributed by atoms with Gasteiger partial charge in [-0.2, -0.15) is 0 Å². The van der Waals surface area contributed by atoms with Gasteiger partial charge >= 0.3 is 5.97 Å². The maximum absolute atomic E-state index is 11.2. The molecule has 0 unspecified atom stereocenters. The second kappa shape index (κ2) is 9.90. The maximum Gasteiger partial charge on any atom is 0.356 e. The molecule has 6 nitrogen and oxygen atoms in total. The molecule has 0 amide bonds. The summed E-state index contributed by atoms with van der Waals surface area (Å²) in [6.45, 7) is 5.92. The molecule has 134 valence electrons. The molecule has 24 heavy (non-hydrogen) atoms. The van der Waals surface area contributed by atoms with Crippen LogP contribution in [0.2, 0.25) is 0 Å². The Hall–Kier alpha value is -2.11. The molecule has 0 bridgehead atoms. The minimum Gasteiger partial charge on any atom is -0.464 e. The average Bonchev–Trinajstić information content (AvgIpc) is 2.55. The number of carbonyl (C=O) groups is 2. The fourth-order valence-electron chi connectivity index (χ4n) is 2.33. The quantitative estimate of drug-likeness (QED) is 0.669. The first-order valence-electron chi connectivity index (χ1n) is 8.28. The van der Waals surface area contributed by atoms with Crippen molar-refractivity contribution in [3.8, 4) is 0 Å². The smallest absolute Gasteiger partial charge is 0.356 e. The second-order valence-electron chi connectivity index (χ2n) is 6.73. The first kappa shape index (κ1) is 19.9. The van der Waals surface area contributed by atoms with Crippen molar-refractivity contribution in [1.82, 2.24) is 4.98 Å². The van der Waals surface area contributed by atoms with Crippen molar-refractivity contribution < 1.29 is 19.1 Å². The summed E-state index contributed by atoms with van der Waals surface area (Å²) in [7, 11) is 1.36. The summed E-state index contributed by atoms with van der Waals surface area (Å²) in [4.78, 5) is 24.9. The van der Waals surface area contributed by atoms with Gasteiger partial charge < -0.3 is 14.8 Å². The monoisotopic (exact) mass is 336 g/mol. The first-order chi connectivity index (χ1) is 11.4. The topological polar surface area (TPSA) is 77.5 Å². The highest BCUT2D eigenvalue weighted by Crippen LogP contribution is 2.21. The second-order valence-corrected chi connectivity index (χ2v) is 6.73. The molecule has 0 spiro atoms. The van der Waals surface area contributed by atoms with Gasteiger partial charge in [-0.15, -0.1) is 0 Å². The van der Waals surface area contributed by atoms with E-state index in [9.17, 15) is 9.59 Å². The molecule has 0 atom stereocenters. The summed E-state index contributed by atoms with van der Waals surface area (Å²) in [5, 5.41) is 3.45. The molecule has 1 aromatic rings. The highest BCUT2D eigenvalue weighted by molar-refractivity contribution is 5.87. The van der Waals surface area contributed by atoms with Crippen LogP contribution in [0.1, 0.15) is 63.4 Å². The third kappa shape index (κ3) is 7.94. The Morgan fingerprint density at radius 3 is 2.33 bits per heavy atom. The number of nitrogens with one attached hydrogen (secondary N) is 1. The van der Waals surface area contributed by atoms with Crippen molar-refractivity contribution >= 4 is 18.1 Å². The molecule has 1 aliphatic rings. The van der Waals surface area contributed by atoms with Crippen LogP contribution in [0, 0.1) is 0 Å². The lowest BCUT2D eigenvalue weighted by Gasteiger charge is -2.23. The number of hydrogen-bond donors (Lipinski definition) is 1. The fourth-order valence-corrected chi connectivity index (χ4v) is 2.33. The van der Waals surface area contributed by atoms with Crippen molar-refractivity contribution in [2.24, 2.45) is 0 Å². The van der Waals surface area contributed by atoms with Gasteiger partial charge in [-0.3, -0.25) is 4.79 Å². The van der Waals surface area contributed by atoms with E-state index < -0.39 is 5.97 Å². The Labute approximate surface area is 143 Å². The normalized spacial score (nSPS) is 14.8. The number of esters is 1. The molecular formula is C18H28N2O4. The lowest BCUT2D eigenvalue weighted by atomic mass is 9.95. The van der Waals surface area contributed by atoms with Gasteiger partial charge in [0.1, 0.15) is 11.3 Å². The number of carbonyl (C=O) groups excluding carboxylic acids is 2. The summed E-state index contributed by atoms with van der Waals surface area (Å²) in [5.41, 5.74) is 1.01. The lowest BCUT2D eigenvalue weighted by Crippen LogP contribution is -2.22. The molecule has 1 aromatic heterocycles. The van der Waals surface area contributed by atoms with E-state index in [-0.39, 0.29) is 5.60 Å². The Morgan fingerprint density at radius 2 is 1.92 bits per heavy atom. The average molecular weight is 336 g/mol. The van der Waals surface area contributed by atoms with E-state index in [2.05, 4.69) is 19.8 Å². The number of rotatable bonds is 4. The molecule has 6 heteroatoms. The molecule has 1 fully saturated rings. The van der Waals surface area contributed by atoms with Gasteiger partial charge in [-0.25, -0.2) is 9.78 Å². The summed E-state index contributed by atoms with van der Waals surface area (Å²) in [6.07, 6.45) is 8.08. The summed E-state index contributed by atoms with van der Waals surface area (Å²) in [6, 6.07) is 4.12. The zero-order valence-electron chi connectivity index (χ0n) is 15.0. The third-order valence-electron chi connectivity index (χ3n) is 3.54. The van der Waals surface area contributed by atoms with Gasteiger partial charge in [0.15, 0.2) is 0 Å². The number of ether oxygens (including phenoxy) is 2. The Bertz CT molecular complexity index is 503. The van der Waals surface area contributed by atoms with Crippen LogP contribution in [0.3, 0.4) is 0 Å². The van der Waals surface area contributed by atoms with Gasteiger partial charge in [0.2, 0.25) is 0 Å². The van der Waals surface area contributed by atoms with Crippen LogP contribution in [-0.4, -0.2) is 36.2 Å². The minimum absolute atomic E-state index is 0.318. The zero-order chi connectivity index (χ0) is 18.0. The molecule has 0 aliphatic heterocycles. The van der Waals surface area contributed by atoms with E-state index in [1.54, 1.807) is 12.3 Å². The van der Waals surface area contributed by atoms with Gasteiger partial charge in [0.25, 0.3) is 6.47 Å². The number of methoxy groups -OCH3 is 1. The minimum atomic E-state index is -0.394. The maximum atomic E-state index is 11.2. The van der Waals surface area contributed by atoms with Crippen LogP contribution < -0.4 is 5.32 Å². The molecular weight excluding hydrogens is 308 g/mol. The molecule has 0 radical (unpaired) electrons. The first-order valence-corrected chi connectivity index (χ1v) is 8.28. The number of anilines is 1. The lowest BCUT2D eigenvalue weighted by molar-refractivity contribution is -0.138. The summed E-state index contributed by atoms with van der Waals surface area (Å²) in [5.74, 6) is -0.394. The van der Waals surface area contributed by atoms with Crippen molar-refractivity contribution in [1.29, 1.82) is 0 Å². The highest BCUT2D eigenvalue weighted by atomic mass is 16.5. The van der Waals surface area contributed by atoms with Crippen LogP contribution in [0.15, 0.2) is 18.3 Å². The van der Waals surface area contributed by atoms with Crippen molar-refractivity contribution in [3.05, 3.63) is 24.0 Å². The molecule has 0 aromatic carbocycles. The van der Waals surface area contributed by atoms with E-state index >= 15 is 0 Å². The molecule has 1 N–H and O–H groups in total. The zero-order valence-corrected chi connectivity index (χ0v) is 15.0. The van der Waals surface area contributed by atoms with E-state index in [1.807, 2.05) is 26.8 Å². The number of pyridine rings is 1. The van der Waals surface area contributed by atoms with E-state index in [0.717, 1.165) is 5.69 Å². The van der Waals surface area contributed by atoms with Crippen molar-refractivity contribution in [2.75, 3.05) is 12.4 Å². The molecule has 2 rings (SSSR count). The van der Waals surface area contributed by atoms with E-state index in [0.29, 0.717) is 18.2 Å². The Balaban J connectivity index is 0.000000351. The third-order valence-corrected chi connectivity index (χ3v) is 3.54. The van der Waals surface area contributed by atoms with Crippen LogP contribution in [-0.2, 0) is 14.3 Å². The Morgan fingerprint density at radius 1 is 1.25 bits per heavy atom. The fraction of sp³-hybridized carbons (Fsp3) is 0.611. The van der Waals surface area contributed by atoms with Crippen LogP contribution in [0.25, 0.3) is 0 Å². The van der Waals surface area contributed by atoms with Gasteiger partial charge in [0, 0.05) is 6.04 Å². The van der Waals surface area contributed by atoms with Crippen LogP contribution in [0.5, 0.6) is 0 Å². The van der Waals surface area contributed by atoms with E-state index in [4.69, 9.17) is 0 Å². The number of aromatic nitrogens is 1. The predicted octanol–water partition coefficient (Wildman–Crippen LogP) is 3.57. The number of nitrogens with zero attached hydrogens (tertiary/aromatic N) is 1. The predicted molar refractivity (Wildman–Crippen MR) is 93.0 cm³/mol. The largest absolute Gasteiger partial charge is 0.464 e. The summed E-state index contributed by atoms with van der Waals surface area (Å²) < 4.78 is 9.15. The number of hydrogen-bond acceptors (Lipinski definition) is 6. The Kier molecular flexibility index (Phi) is 8.22. The molecule has 1 heterocycles. The SMILES string of the molecule is CC(C)(C)OC=O.COC(=O)c1ccc(NC2CCCCC2)cn1. The van der Waals surface area contributed by atoms with E-state index in [1.165, 1.54) is 39.2 Å². The highest BCUT2D eigenvalue weighted by Gasteiger charge is 2.13.